The van der Waals surface area contributed by atoms with Crippen LogP contribution in [0.3, 0.4) is 0 Å². The van der Waals surface area contributed by atoms with E-state index in [0.29, 0.717) is 11.4 Å². The van der Waals surface area contributed by atoms with E-state index in [1.165, 1.54) is 6.08 Å². The number of nitrogens with one attached hydrogen (secondary N) is 1. The number of nitrogens with zero attached hydrogens (tertiary/aromatic N) is 2. The number of hydrogen-bond acceptors (Lipinski definition) is 4. The summed E-state index contributed by atoms with van der Waals surface area (Å²) < 4.78 is 7.01. The average molecular weight is 438 g/mol. The van der Waals surface area contributed by atoms with Crippen LogP contribution in [0.15, 0.2) is 97.2 Å². The predicted octanol–water partition coefficient (Wildman–Crippen LogP) is 4.06. The molecule has 0 atom stereocenters. The summed E-state index contributed by atoms with van der Waals surface area (Å²) in [5.74, 6) is -0.349. The minimum atomic E-state index is -0.553. The molecule has 0 aliphatic heterocycles. The van der Waals surface area contributed by atoms with Crippen molar-refractivity contribution in [1.82, 2.24) is 9.78 Å². The van der Waals surface area contributed by atoms with Gasteiger partial charge in [-0.05, 0) is 42.5 Å². The summed E-state index contributed by atoms with van der Waals surface area (Å²) in [4.78, 5) is 23.3. The van der Waals surface area contributed by atoms with Crippen LogP contribution in [0.1, 0.15) is 5.56 Å². The lowest BCUT2D eigenvalue weighted by atomic mass is 10.1. The highest BCUT2D eigenvalue weighted by atomic mass is 16.5. The molecule has 0 spiro atoms. The molecule has 7 heteroatoms. The third-order valence-corrected chi connectivity index (χ3v) is 4.73. The summed E-state index contributed by atoms with van der Waals surface area (Å²) >= 11 is 0. The molecule has 33 heavy (non-hydrogen) atoms. The van der Waals surface area contributed by atoms with Crippen LogP contribution in [0.2, 0.25) is 0 Å². The van der Waals surface area contributed by atoms with Crippen LogP contribution < -0.4 is 15.8 Å². The highest BCUT2D eigenvalue weighted by molar-refractivity contribution is 6.02. The van der Waals surface area contributed by atoms with Crippen molar-refractivity contribution in [3.8, 4) is 22.7 Å². The molecule has 3 N–H and O–H groups in total. The molecular formula is C26H22N4O3. The molecule has 0 aliphatic carbocycles. The van der Waals surface area contributed by atoms with Crippen molar-refractivity contribution >= 4 is 23.6 Å². The lowest BCUT2D eigenvalue weighted by Crippen LogP contribution is -2.20. The summed E-state index contributed by atoms with van der Waals surface area (Å²) in [6.07, 6.45) is 5.11. The summed E-state index contributed by atoms with van der Waals surface area (Å²) in [5.41, 5.74) is 9.14. The fourth-order valence-corrected chi connectivity index (χ4v) is 3.18. The van der Waals surface area contributed by atoms with Crippen LogP contribution in [0, 0.1) is 0 Å². The first-order chi connectivity index (χ1) is 16.1. The second-order valence-electron chi connectivity index (χ2n) is 7.18. The van der Waals surface area contributed by atoms with Crippen molar-refractivity contribution < 1.29 is 14.3 Å². The Morgan fingerprint density at radius 1 is 0.939 bits per heavy atom. The second-order valence-corrected chi connectivity index (χ2v) is 7.18. The Balaban J connectivity index is 1.51. The van der Waals surface area contributed by atoms with Gasteiger partial charge in [0.05, 0.1) is 11.4 Å². The molecule has 0 radical (unpaired) electrons. The lowest BCUT2D eigenvalue weighted by Gasteiger charge is -2.05. The number of primary amides is 1. The summed E-state index contributed by atoms with van der Waals surface area (Å²) in [6.45, 7) is -0.200. The second kappa shape index (κ2) is 10.1. The van der Waals surface area contributed by atoms with Crippen LogP contribution >= 0.6 is 0 Å². The van der Waals surface area contributed by atoms with Gasteiger partial charge in [0.1, 0.15) is 5.75 Å². The molecule has 0 aliphatic rings. The Morgan fingerprint density at radius 2 is 1.61 bits per heavy atom. The third kappa shape index (κ3) is 5.74. The van der Waals surface area contributed by atoms with E-state index in [2.05, 4.69) is 5.32 Å². The smallest absolute Gasteiger partial charge is 0.255 e. The van der Waals surface area contributed by atoms with E-state index < -0.39 is 5.91 Å². The predicted molar refractivity (Wildman–Crippen MR) is 128 cm³/mol. The Morgan fingerprint density at radius 3 is 2.27 bits per heavy atom. The lowest BCUT2D eigenvalue weighted by molar-refractivity contribution is -0.120. The number of amides is 2. The molecule has 0 unspecified atom stereocenters. The fraction of sp³-hybridized carbons (Fsp3) is 0.0385. The average Bonchev–Trinajstić information content (AvgIpc) is 3.28. The molecule has 4 aromatic rings. The quantitative estimate of drug-likeness (QED) is 0.405. The van der Waals surface area contributed by atoms with E-state index in [1.54, 1.807) is 35.0 Å². The maximum absolute atomic E-state index is 12.5. The zero-order chi connectivity index (χ0) is 23.0. The van der Waals surface area contributed by atoms with Crippen LogP contribution in [-0.2, 0) is 9.59 Å². The van der Waals surface area contributed by atoms with Gasteiger partial charge in [-0.3, -0.25) is 9.59 Å². The molecule has 3 aromatic carbocycles. The number of hydrogen-bond donors (Lipinski definition) is 2. The molecule has 0 saturated carbocycles. The zero-order valence-electron chi connectivity index (χ0n) is 17.7. The standard InChI is InChI=1S/C26H22N4O3/c27-24(31)18-33-23-14-12-21(13-15-23)28-25(32)16-11-20-17-30(22-9-5-2-6-10-22)29-26(20)19-7-3-1-4-8-19/h1-17H,18H2,(H2,27,31)(H,28,32)/b16-11+. The van der Waals surface area contributed by atoms with Gasteiger partial charge >= 0.3 is 0 Å². The Hall–Kier alpha value is -4.65. The summed E-state index contributed by atoms with van der Waals surface area (Å²) in [5, 5.41) is 7.54. The summed E-state index contributed by atoms with van der Waals surface area (Å²) in [7, 11) is 0. The molecule has 7 nitrogen and oxygen atoms in total. The number of anilines is 1. The molecule has 164 valence electrons. The minimum Gasteiger partial charge on any atom is -0.484 e. The highest BCUT2D eigenvalue weighted by Gasteiger charge is 2.11. The number of carbonyl (C=O) groups is 2. The Labute approximate surface area is 191 Å². The normalized spacial score (nSPS) is 10.8. The van der Waals surface area contributed by atoms with Gasteiger partial charge in [-0.2, -0.15) is 5.10 Å². The first-order valence-electron chi connectivity index (χ1n) is 10.3. The third-order valence-electron chi connectivity index (χ3n) is 4.73. The molecule has 4 rings (SSSR count). The van der Waals surface area contributed by atoms with Crippen molar-refractivity contribution in [2.75, 3.05) is 11.9 Å². The molecule has 1 aromatic heterocycles. The SMILES string of the molecule is NC(=O)COc1ccc(NC(=O)/C=C/c2cn(-c3ccccc3)nc2-c2ccccc2)cc1. The maximum atomic E-state index is 12.5. The molecule has 0 fully saturated rings. The maximum Gasteiger partial charge on any atom is 0.255 e. The van der Waals surface area contributed by atoms with E-state index in [9.17, 15) is 9.59 Å². The Bertz CT molecular complexity index is 1260. The van der Waals surface area contributed by atoms with Gasteiger partial charge < -0.3 is 15.8 Å². The van der Waals surface area contributed by atoms with Crippen LogP contribution in [0.5, 0.6) is 5.75 Å². The molecular weight excluding hydrogens is 416 g/mol. The van der Waals surface area contributed by atoms with Gasteiger partial charge in [0, 0.05) is 29.1 Å². The number of para-hydroxylation sites is 1. The molecule has 0 saturated heterocycles. The first-order valence-corrected chi connectivity index (χ1v) is 10.3. The van der Waals surface area contributed by atoms with Crippen molar-refractivity contribution in [3.05, 3.63) is 103 Å². The minimum absolute atomic E-state index is 0.200. The van der Waals surface area contributed by atoms with Crippen molar-refractivity contribution in [1.29, 1.82) is 0 Å². The zero-order valence-corrected chi connectivity index (χ0v) is 17.7. The van der Waals surface area contributed by atoms with E-state index in [1.807, 2.05) is 66.9 Å². The van der Waals surface area contributed by atoms with E-state index >= 15 is 0 Å². The molecule has 2 amide bonds. The van der Waals surface area contributed by atoms with Crippen LogP contribution in [0.4, 0.5) is 5.69 Å². The van der Waals surface area contributed by atoms with Crippen LogP contribution in [0.25, 0.3) is 23.0 Å². The number of nitrogens with two attached hydrogens (primary N) is 1. The van der Waals surface area contributed by atoms with Gasteiger partial charge in [0.2, 0.25) is 5.91 Å². The van der Waals surface area contributed by atoms with Gasteiger partial charge in [0.15, 0.2) is 6.61 Å². The monoisotopic (exact) mass is 438 g/mol. The number of rotatable bonds is 8. The largest absolute Gasteiger partial charge is 0.484 e. The topological polar surface area (TPSA) is 99.2 Å². The van der Waals surface area contributed by atoms with Gasteiger partial charge in [0.25, 0.3) is 5.91 Å². The van der Waals surface area contributed by atoms with E-state index in [4.69, 9.17) is 15.6 Å². The van der Waals surface area contributed by atoms with Crippen molar-refractivity contribution in [2.24, 2.45) is 5.73 Å². The van der Waals surface area contributed by atoms with Crippen molar-refractivity contribution in [2.45, 2.75) is 0 Å². The number of carbonyl (C=O) groups excluding carboxylic acids is 2. The van der Waals surface area contributed by atoms with Gasteiger partial charge in [-0.15, -0.1) is 0 Å². The van der Waals surface area contributed by atoms with Crippen molar-refractivity contribution in [3.63, 3.8) is 0 Å². The number of ether oxygens (including phenoxy) is 1. The van der Waals surface area contributed by atoms with Gasteiger partial charge in [-0.1, -0.05) is 48.5 Å². The highest BCUT2D eigenvalue weighted by Crippen LogP contribution is 2.25. The molecule has 1 heterocycles. The number of aromatic nitrogens is 2. The first kappa shape index (κ1) is 21.6. The number of benzene rings is 3. The Kier molecular flexibility index (Phi) is 6.61. The van der Waals surface area contributed by atoms with Gasteiger partial charge in [-0.25, -0.2) is 4.68 Å². The fourth-order valence-electron chi connectivity index (χ4n) is 3.18. The van der Waals surface area contributed by atoms with E-state index in [0.717, 1.165) is 22.5 Å². The summed E-state index contributed by atoms with van der Waals surface area (Å²) in [6, 6.07) is 26.3. The van der Waals surface area contributed by atoms with Crippen LogP contribution in [-0.4, -0.2) is 28.2 Å². The van der Waals surface area contributed by atoms with E-state index in [-0.39, 0.29) is 12.5 Å². The molecule has 0 bridgehead atoms.